The molecule has 0 bridgehead atoms. The lowest BCUT2D eigenvalue weighted by molar-refractivity contribution is -0.384. The molecule has 0 aliphatic carbocycles. The lowest BCUT2D eigenvalue weighted by Gasteiger charge is -2.09. The second kappa shape index (κ2) is 4.48. The molecule has 0 aliphatic heterocycles. The molecule has 16 heavy (non-hydrogen) atoms. The first-order valence-electron chi connectivity index (χ1n) is 4.12. The molecule has 0 atom stereocenters. The van der Waals surface area contributed by atoms with Crippen molar-refractivity contribution in [3.05, 3.63) is 28.3 Å². The summed E-state index contributed by atoms with van der Waals surface area (Å²) in [6.07, 6.45) is -0.574. The van der Waals surface area contributed by atoms with E-state index in [1.165, 1.54) is 12.1 Å². The monoisotopic (exact) mass is 247 g/mol. The molecule has 0 saturated heterocycles. The lowest BCUT2D eigenvalue weighted by atomic mass is 10.2. The predicted octanol–water partition coefficient (Wildman–Crippen LogP) is 0.724. The summed E-state index contributed by atoms with van der Waals surface area (Å²) in [6.45, 7) is 0. The van der Waals surface area contributed by atoms with Gasteiger partial charge in [-0.2, -0.15) is 0 Å². The first-order chi connectivity index (χ1) is 7.29. The first kappa shape index (κ1) is 12.4. The number of nitro benzene ring substituents is 1. The van der Waals surface area contributed by atoms with Crippen LogP contribution in [-0.4, -0.2) is 21.0 Å². The van der Waals surface area contributed by atoms with Crippen LogP contribution in [0.5, 0.6) is 0 Å². The molecule has 0 saturated carbocycles. The number of nitrogens with zero attached hydrogens (tertiary/aromatic N) is 1. The van der Waals surface area contributed by atoms with Crippen LogP contribution < -0.4 is 11.1 Å². The molecule has 0 heterocycles. The highest BCUT2D eigenvalue weighted by Crippen LogP contribution is 2.35. The van der Waals surface area contributed by atoms with Crippen molar-refractivity contribution in [2.24, 2.45) is 0 Å². The molecule has 0 spiro atoms. The van der Waals surface area contributed by atoms with Gasteiger partial charge in [0, 0.05) is 12.1 Å². The number of non-ortho nitro benzene ring substituents is 1. The summed E-state index contributed by atoms with van der Waals surface area (Å²) in [7, 11) is -4.18. The Labute approximate surface area is 90.4 Å². The molecule has 9 heteroatoms. The number of anilines is 2. The number of benzene rings is 1. The summed E-state index contributed by atoms with van der Waals surface area (Å²) < 4.78 is 10.6. The van der Waals surface area contributed by atoms with Gasteiger partial charge in [0.15, 0.2) is 0 Å². The molecule has 0 unspecified atom stereocenters. The van der Waals surface area contributed by atoms with E-state index in [2.05, 4.69) is 5.32 Å². The van der Waals surface area contributed by atoms with Crippen LogP contribution in [0.15, 0.2) is 18.2 Å². The zero-order valence-electron chi connectivity index (χ0n) is 8.03. The van der Waals surface area contributed by atoms with Crippen LogP contribution in [0, 0.1) is 10.1 Å². The highest BCUT2D eigenvalue weighted by molar-refractivity contribution is 7.51. The van der Waals surface area contributed by atoms with Gasteiger partial charge in [-0.05, 0) is 6.07 Å². The second-order valence-corrected chi connectivity index (χ2v) is 4.67. The van der Waals surface area contributed by atoms with E-state index < -0.39 is 18.8 Å². The number of nitrogen functional groups attached to an aromatic ring is 1. The lowest BCUT2D eigenvalue weighted by Crippen LogP contribution is -2.05. The van der Waals surface area contributed by atoms with Crippen molar-refractivity contribution in [2.75, 3.05) is 17.3 Å². The highest BCUT2D eigenvalue weighted by atomic mass is 31.2. The summed E-state index contributed by atoms with van der Waals surface area (Å²) in [5, 5.41) is 12.8. The Kier molecular flexibility index (Phi) is 3.48. The number of nitrogens with two attached hydrogens (primary N) is 1. The zero-order chi connectivity index (χ0) is 12.3. The van der Waals surface area contributed by atoms with E-state index in [9.17, 15) is 14.7 Å². The summed E-state index contributed by atoms with van der Waals surface area (Å²) in [5.41, 5.74) is 5.59. The van der Waals surface area contributed by atoms with E-state index in [1.54, 1.807) is 0 Å². The minimum Gasteiger partial charge on any atom is -0.397 e. The highest BCUT2D eigenvalue weighted by Gasteiger charge is 2.14. The molecule has 88 valence electrons. The summed E-state index contributed by atoms with van der Waals surface area (Å²) in [6, 6.07) is 3.60. The van der Waals surface area contributed by atoms with Gasteiger partial charge in [-0.3, -0.25) is 14.7 Å². The third-order valence-electron chi connectivity index (χ3n) is 1.72. The summed E-state index contributed by atoms with van der Waals surface area (Å²) >= 11 is 0. The minimum atomic E-state index is -4.18. The van der Waals surface area contributed by atoms with Crippen molar-refractivity contribution >= 4 is 24.7 Å². The fourth-order valence-electron chi connectivity index (χ4n) is 1.01. The van der Waals surface area contributed by atoms with Crippen LogP contribution in [0.1, 0.15) is 0 Å². The largest absolute Gasteiger partial charge is 0.397 e. The third kappa shape index (κ3) is 3.50. The molecule has 1 aromatic rings. The number of hydrogen-bond donors (Lipinski definition) is 4. The maximum atomic E-state index is 10.6. The average Bonchev–Trinajstić information content (AvgIpc) is 2.14. The van der Waals surface area contributed by atoms with Gasteiger partial charge in [0.25, 0.3) is 5.69 Å². The van der Waals surface area contributed by atoms with E-state index in [1.807, 2.05) is 0 Å². The van der Waals surface area contributed by atoms with Crippen molar-refractivity contribution in [3.63, 3.8) is 0 Å². The van der Waals surface area contributed by atoms with Crippen molar-refractivity contribution < 1.29 is 19.3 Å². The summed E-state index contributed by atoms with van der Waals surface area (Å²) in [5.74, 6) is 0. The van der Waals surface area contributed by atoms with E-state index in [0.717, 1.165) is 6.07 Å². The standard InChI is InChI=1S/C7H10N3O5P/c8-6-3-5(10(11)12)1-2-7(6)9-4-16(13,14)15/h1-3,9H,4,8H2,(H2,13,14,15). The van der Waals surface area contributed by atoms with Gasteiger partial charge in [0.1, 0.15) is 6.29 Å². The SMILES string of the molecule is Nc1cc([N+](=O)[O-])ccc1NCP(=O)(O)O. The van der Waals surface area contributed by atoms with Gasteiger partial charge in [-0.25, -0.2) is 0 Å². The van der Waals surface area contributed by atoms with Crippen LogP contribution in [0.4, 0.5) is 17.1 Å². The fourth-order valence-corrected chi connectivity index (χ4v) is 1.39. The van der Waals surface area contributed by atoms with Crippen molar-refractivity contribution in [1.82, 2.24) is 0 Å². The van der Waals surface area contributed by atoms with Gasteiger partial charge in [0.05, 0.1) is 16.3 Å². The second-order valence-electron chi connectivity index (χ2n) is 3.03. The van der Waals surface area contributed by atoms with Crippen LogP contribution in [0.3, 0.4) is 0 Å². The van der Waals surface area contributed by atoms with Crippen LogP contribution >= 0.6 is 7.60 Å². The molecule has 1 rings (SSSR count). The van der Waals surface area contributed by atoms with E-state index >= 15 is 0 Å². The Balaban J connectivity index is 2.84. The Hall–Kier alpha value is -1.63. The smallest absolute Gasteiger partial charge is 0.344 e. The Morgan fingerprint density at radius 3 is 2.56 bits per heavy atom. The molecule has 1 aromatic carbocycles. The number of hydrogen-bond acceptors (Lipinski definition) is 5. The van der Waals surface area contributed by atoms with Gasteiger partial charge in [-0.15, -0.1) is 0 Å². The van der Waals surface area contributed by atoms with Crippen molar-refractivity contribution in [1.29, 1.82) is 0 Å². The molecule has 0 aromatic heterocycles. The topological polar surface area (TPSA) is 139 Å². The molecule has 0 amide bonds. The number of rotatable bonds is 4. The van der Waals surface area contributed by atoms with E-state index in [4.69, 9.17) is 15.5 Å². The molecule has 8 nitrogen and oxygen atoms in total. The minimum absolute atomic E-state index is 0.0580. The van der Waals surface area contributed by atoms with Gasteiger partial charge >= 0.3 is 7.60 Å². The molecular weight excluding hydrogens is 237 g/mol. The molecule has 0 fully saturated rings. The molecule has 0 aliphatic rings. The molecular formula is C7H10N3O5P. The summed E-state index contributed by atoms with van der Waals surface area (Å²) in [4.78, 5) is 27.0. The normalized spacial score (nSPS) is 11.1. The predicted molar refractivity (Wildman–Crippen MR) is 58.0 cm³/mol. The average molecular weight is 247 g/mol. The third-order valence-corrected chi connectivity index (χ3v) is 2.29. The first-order valence-corrected chi connectivity index (χ1v) is 5.92. The van der Waals surface area contributed by atoms with Crippen LogP contribution in [0.25, 0.3) is 0 Å². The Morgan fingerprint density at radius 1 is 1.50 bits per heavy atom. The fraction of sp³-hybridized carbons (Fsp3) is 0.143. The Bertz CT molecular complexity index is 457. The van der Waals surface area contributed by atoms with Crippen LogP contribution in [-0.2, 0) is 4.57 Å². The quantitative estimate of drug-likeness (QED) is 0.266. The van der Waals surface area contributed by atoms with Gasteiger partial charge < -0.3 is 20.8 Å². The van der Waals surface area contributed by atoms with Gasteiger partial charge in [0.2, 0.25) is 0 Å². The van der Waals surface area contributed by atoms with E-state index in [-0.39, 0.29) is 17.1 Å². The van der Waals surface area contributed by atoms with Crippen molar-refractivity contribution in [3.8, 4) is 0 Å². The van der Waals surface area contributed by atoms with Crippen molar-refractivity contribution in [2.45, 2.75) is 0 Å². The zero-order valence-corrected chi connectivity index (χ0v) is 8.92. The number of nitro groups is 1. The van der Waals surface area contributed by atoms with Crippen LogP contribution in [0.2, 0.25) is 0 Å². The number of nitrogens with one attached hydrogen (secondary N) is 1. The maximum absolute atomic E-state index is 10.6. The van der Waals surface area contributed by atoms with Gasteiger partial charge in [-0.1, -0.05) is 0 Å². The Morgan fingerprint density at radius 2 is 2.12 bits per heavy atom. The van der Waals surface area contributed by atoms with E-state index in [0.29, 0.717) is 0 Å². The molecule has 0 radical (unpaired) electrons. The molecule has 5 N–H and O–H groups in total. The maximum Gasteiger partial charge on any atom is 0.344 e.